The van der Waals surface area contributed by atoms with E-state index in [9.17, 15) is 4.79 Å². The Bertz CT molecular complexity index is 342. The fraction of sp³-hybridized carbons (Fsp3) is 0.417. The summed E-state index contributed by atoms with van der Waals surface area (Å²) in [5, 5.41) is 0. The molecule has 2 rings (SSSR count). The number of hydrogen-bond donors (Lipinski definition) is 1. The second kappa shape index (κ2) is 5.87. The smallest absolute Gasteiger partial charge is 0.234 e. The van der Waals surface area contributed by atoms with E-state index in [2.05, 4.69) is 17.0 Å². The van der Waals surface area contributed by atoms with Crippen molar-refractivity contribution in [1.29, 1.82) is 0 Å². The number of nitrogens with two attached hydrogens (primary N) is 1. The van der Waals surface area contributed by atoms with Gasteiger partial charge in [-0.25, -0.2) is 0 Å². The number of primary amides is 1. The summed E-state index contributed by atoms with van der Waals surface area (Å²) < 4.78 is 0. The van der Waals surface area contributed by atoms with Crippen LogP contribution in [0.4, 0.5) is 0 Å². The Morgan fingerprint density at radius 3 is 2.69 bits per heavy atom. The Hall–Kier alpha value is -1.06. The van der Waals surface area contributed by atoms with Gasteiger partial charge in [0.2, 0.25) is 5.91 Å². The van der Waals surface area contributed by atoms with Crippen molar-refractivity contribution in [2.75, 3.05) is 6.54 Å². The summed E-state index contributed by atoms with van der Waals surface area (Å²) in [6.45, 7) is 1.80. The molecule has 88 valence electrons. The highest BCUT2D eigenvalue weighted by atomic mass is 35.5. The standard InChI is InChI=1S/C12H16N2O.ClH/c13-12(15)11-7-4-8-14(11)9-10-5-2-1-3-6-10;/h1-3,5-6,11H,4,7-9H2,(H2,13,15);1H/t11-;/m1./s1. The van der Waals surface area contributed by atoms with Crippen molar-refractivity contribution in [2.45, 2.75) is 25.4 Å². The lowest BCUT2D eigenvalue weighted by molar-refractivity contribution is -0.122. The van der Waals surface area contributed by atoms with Crippen LogP contribution in [0.25, 0.3) is 0 Å². The van der Waals surface area contributed by atoms with Crippen molar-refractivity contribution in [3.05, 3.63) is 35.9 Å². The molecule has 0 saturated carbocycles. The first-order chi connectivity index (χ1) is 7.27. The van der Waals surface area contributed by atoms with E-state index in [0.717, 1.165) is 25.9 Å². The van der Waals surface area contributed by atoms with Crippen LogP contribution in [-0.2, 0) is 11.3 Å². The Balaban J connectivity index is 0.00000128. The van der Waals surface area contributed by atoms with Gasteiger partial charge in [-0.1, -0.05) is 30.3 Å². The lowest BCUT2D eigenvalue weighted by atomic mass is 10.2. The van der Waals surface area contributed by atoms with E-state index in [1.54, 1.807) is 0 Å². The van der Waals surface area contributed by atoms with Gasteiger partial charge in [0.1, 0.15) is 0 Å². The molecule has 1 amide bonds. The highest BCUT2D eigenvalue weighted by molar-refractivity contribution is 5.85. The van der Waals surface area contributed by atoms with Gasteiger partial charge in [-0.2, -0.15) is 0 Å². The molecule has 0 aliphatic carbocycles. The van der Waals surface area contributed by atoms with E-state index in [-0.39, 0.29) is 24.4 Å². The molecule has 1 aromatic rings. The molecule has 2 N–H and O–H groups in total. The van der Waals surface area contributed by atoms with Gasteiger partial charge in [-0.3, -0.25) is 9.69 Å². The van der Waals surface area contributed by atoms with Gasteiger partial charge >= 0.3 is 0 Å². The topological polar surface area (TPSA) is 46.3 Å². The second-order valence-electron chi connectivity index (χ2n) is 4.02. The molecule has 1 fully saturated rings. The summed E-state index contributed by atoms with van der Waals surface area (Å²) in [5.41, 5.74) is 6.60. The number of hydrogen-bond acceptors (Lipinski definition) is 2. The van der Waals surface area contributed by atoms with Crippen molar-refractivity contribution < 1.29 is 4.79 Å². The minimum atomic E-state index is -0.191. The first-order valence-electron chi connectivity index (χ1n) is 5.34. The molecule has 0 radical (unpaired) electrons. The van der Waals surface area contributed by atoms with Gasteiger partial charge in [-0.05, 0) is 24.9 Å². The molecule has 0 aromatic heterocycles. The molecule has 1 aliphatic heterocycles. The normalized spacial score (nSPS) is 20.4. The molecule has 0 spiro atoms. The van der Waals surface area contributed by atoms with E-state index in [0.29, 0.717) is 0 Å². The molecule has 1 heterocycles. The molecule has 3 nitrogen and oxygen atoms in total. The van der Waals surface area contributed by atoms with Crippen LogP contribution in [0.2, 0.25) is 0 Å². The average molecular weight is 241 g/mol. The van der Waals surface area contributed by atoms with Crippen molar-refractivity contribution >= 4 is 18.3 Å². The zero-order valence-electron chi connectivity index (χ0n) is 9.13. The summed E-state index contributed by atoms with van der Waals surface area (Å²) in [7, 11) is 0. The summed E-state index contributed by atoms with van der Waals surface area (Å²) >= 11 is 0. The predicted molar refractivity (Wildman–Crippen MR) is 66.3 cm³/mol. The van der Waals surface area contributed by atoms with Crippen LogP contribution >= 0.6 is 12.4 Å². The highest BCUT2D eigenvalue weighted by Crippen LogP contribution is 2.19. The van der Waals surface area contributed by atoms with Gasteiger partial charge in [0.15, 0.2) is 0 Å². The zero-order valence-corrected chi connectivity index (χ0v) is 9.95. The molecular formula is C12H17ClN2O. The van der Waals surface area contributed by atoms with Crippen molar-refractivity contribution in [3.8, 4) is 0 Å². The molecule has 16 heavy (non-hydrogen) atoms. The van der Waals surface area contributed by atoms with Crippen LogP contribution in [0.15, 0.2) is 30.3 Å². The van der Waals surface area contributed by atoms with Crippen LogP contribution in [-0.4, -0.2) is 23.4 Å². The number of nitrogens with zero attached hydrogens (tertiary/aromatic N) is 1. The summed E-state index contributed by atoms with van der Waals surface area (Å²) in [5.74, 6) is -0.191. The molecule has 1 saturated heterocycles. The number of benzene rings is 1. The fourth-order valence-electron chi connectivity index (χ4n) is 2.16. The maximum atomic E-state index is 11.2. The molecule has 1 aromatic carbocycles. The third kappa shape index (κ3) is 2.97. The van der Waals surface area contributed by atoms with E-state index in [1.807, 2.05) is 18.2 Å². The summed E-state index contributed by atoms with van der Waals surface area (Å²) in [6.07, 6.45) is 1.97. The molecule has 1 atom stereocenters. The lowest BCUT2D eigenvalue weighted by Gasteiger charge is -2.21. The third-order valence-corrected chi connectivity index (χ3v) is 2.92. The number of amides is 1. The molecule has 1 aliphatic rings. The van der Waals surface area contributed by atoms with Crippen molar-refractivity contribution in [2.24, 2.45) is 5.73 Å². The summed E-state index contributed by atoms with van der Waals surface area (Å²) in [6, 6.07) is 10.1. The second-order valence-corrected chi connectivity index (χ2v) is 4.02. The molecule has 0 unspecified atom stereocenters. The molecule has 4 heteroatoms. The van der Waals surface area contributed by atoms with Crippen LogP contribution in [0, 0.1) is 0 Å². The SMILES string of the molecule is Cl.NC(=O)[C@H]1CCCN1Cc1ccccc1. The van der Waals surface area contributed by atoms with Gasteiger partial charge in [0.25, 0.3) is 0 Å². The van der Waals surface area contributed by atoms with Crippen LogP contribution in [0.5, 0.6) is 0 Å². The minimum absolute atomic E-state index is 0. The maximum absolute atomic E-state index is 11.2. The number of likely N-dealkylation sites (tertiary alicyclic amines) is 1. The third-order valence-electron chi connectivity index (χ3n) is 2.92. The highest BCUT2D eigenvalue weighted by Gasteiger charge is 2.28. The Morgan fingerprint density at radius 2 is 2.06 bits per heavy atom. The largest absolute Gasteiger partial charge is 0.368 e. The minimum Gasteiger partial charge on any atom is -0.368 e. The first-order valence-corrected chi connectivity index (χ1v) is 5.34. The monoisotopic (exact) mass is 240 g/mol. The van der Waals surface area contributed by atoms with Gasteiger partial charge in [0.05, 0.1) is 6.04 Å². The lowest BCUT2D eigenvalue weighted by Crippen LogP contribution is -2.39. The van der Waals surface area contributed by atoms with Crippen LogP contribution in [0.1, 0.15) is 18.4 Å². The Morgan fingerprint density at radius 1 is 1.38 bits per heavy atom. The Labute approximate surface area is 102 Å². The van der Waals surface area contributed by atoms with Gasteiger partial charge in [-0.15, -0.1) is 12.4 Å². The number of carbonyl (C=O) groups is 1. The fourth-order valence-corrected chi connectivity index (χ4v) is 2.16. The number of halogens is 1. The number of rotatable bonds is 3. The Kier molecular flexibility index (Phi) is 4.77. The first kappa shape index (κ1) is 13.0. The summed E-state index contributed by atoms with van der Waals surface area (Å²) in [4.78, 5) is 13.3. The van der Waals surface area contributed by atoms with Crippen molar-refractivity contribution in [1.82, 2.24) is 4.90 Å². The zero-order chi connectivity index (χ0) is 10.7. The van der Waals surface area contributed by atoms with E-state index in [1.165, 1.54) is 5.56 Å². The van der Waals surface area contributed by atoms with Gasteiger partial charge in [0, 0.05) is 6.54 Å². The van der Waals surface area contributed by atoms with Crippen molar-refractivity contribution in [3.63, 3.8) is 0 Å². The van der Waals surface area contributed by atoms with Gasteiger partial charge < -0.3 is 5.73 Å². The average Bonchev–Trinajstić information content (AvgIpc) is 2.67. The van der Waals surface area contributed by atoms with E-state index in [4.69, 9.17) is 5.73 Å². The quantitative estimate of drug-likeness (QED) is 0.872. The van der Waals surface area contributed by atoms with E-state index < -0.39 is 0 Å². The van der Waals surface area contributed by atoms with Crippen LogP contribution in [0.3, 0.4) is 0 Å². The molecular weight excluding hydrogens is 224 g/mol. The molecule has 0 bridgehead atoms. The van der Waals surface area contributed by atoms with E-state index >= 15 is 0 Å². The predicted octanol–water partition coefficient (Wildman–Crippen LogP) is 1.56. The number of carbonyl (C=O) groups excluding carboxylic acids is 1. The maximum Gasteiger partial charge on any atom is 0.234 e. The van der Waals surface area contributed by atoms with Crippen LogP contribution < -0.4 is 5.73 Å².